The molecule has 0 unspecified atom stereocenters. The minimum Gasteiger partial charge on any atom is -0.342 e. The Morgan fingerprint density at radius 1 is 1.04 bits per heavy atom. The van der Waals surface area contributed by atoms with E-state index in [1.54, 1.807) is 0 Å². The summed E-state index contributed by atoms with van der Waals surface area (Å²) in [5, 5.41) is 6.73. The molecular weight excluding hydrogens is 328 g/mol. The van der Waals surface area contributed by atoms with E-state index in [0.29, 0.717) is 0 Å². The summed E-state index contributed by atoms with van der Waals surface area (Å²) in [5.41, 5.74) is 1.23. The fourth-order valence-electron chi connectivity index (χ4n) is 2.21. The first-order valence-electron chi connectivity index (χ1n) is 7.85. The Kier molecular flexibility index (Phi) is 6.59. The molecule has 0 aliphatic carbocycles. The maximum Gasteiger partial charge on any atom is 0.275 e. The number of carbonyl (C=O) groups is 2. The molecule has 1 atom stereocenters. The minimum absolute atomic E-state index is 0.114. The number of rotatable bonds is 7. The second kappa shape index (κ2) is 8.89. The van der Waals surface area contributed by atoms with Crippen LogP contribution in [0.3, 0.4) is 0 Å². The number of amides is 2. The number of hydrogen-bond donors (Lipinski definition) is 3. The van der Waals surface area contributed by atoms with Gasteiger partial charge >= 0.3 is 0 Å². The quantitative estimate of drug-likeness (QED) is 0.706. The maximum absolute atomic E-state index is 13.1. The van der Waals surface area contributed by atoms with E-state index in [0.717, 1.165) is 17.7 Å². The summed E-state index contributed by atoms with van der Waals surface area (Å²) in [7, 11) is 0. The molecule has 5 nitrogen and oxygen atoms in total. The monoisotopic (exact) mass is 348 g/mol. The average molecular weight is 348 g/mol. The normalized spacial score (nSPS) is 11.6. The zero-order valence-electron chi connectivity index (χ0n) is 13.8. The summed E-state index contributed by atoms with van der Waals surface area (Å²) in [6, 6.07) is 12.9. The SMILES string of the molecule is C[C@@H]([NH2+]CC(=O)NCC(=O)Nc1ccc(F)c(F)c1)c1ccccc1. The van der Waals surface area contributed by atoms with Gasteiger partial charge in [-0.05, 0) is 19.1 Å². The fourth-order valence-corrected chi connectivity index (χ4v) is 2.21. The minimum atomic E-state index is -1.05. The molecule has 0 saturated carbocycles. The Labute approximate surface area is 144 Å². The molecule has 7 heteroatoms. The molecule has 2 rings (SSSR count). The Hall–Kier alpha value is -2.80. The number of halogens is 2. The predicted molar refractivity (Wildman–Crippen MR) is 89.6 cm³/mol. The van der Waals surface area contributed by atoms with Crippen LogP contribution >= 0.6 is 0 Å². The molecule has 2 aromatic rings. The van der Waals surface area contributed by atoms with Crippen LogP contribution in [0.2, 0.25) is 0 Å². The number of nitrogens with one attached hydrogen (secondary N) is 2. The van der Waals surface area contributed by atoms with Gasteiger partial charge in [-0.25, -0.2) is 8.78 Å². The smallest absolute Gasteiger partial charge is 0.275 e. The number of hydrogen-bond acceptors (Lipinski definition) is 2. The first kappa shape index (κ1) is 18.5. The molecule has 0 bridgehead atoms. The summed E-state index contributed by atoms with van der Waals surface area (Å²) < 4.78 is 25.9. The second-order valence-corrected chi connectivity index (χ2v) is 5.59. The molecule has 0 aliphatic heterocycles. The highest BCUT2D eigenvalue weighted by atomic mass is 19.2. The van der Waals surface area contributed by atoms with Gasteiger partial charge in [0.25, 0.3) is 5.91 Å². The highest BCUT2D eigenvalue weighted by Crippen LogP contribution is 2.12. The van der Waals surface area contributed by atoms with Crippen molar-refractivity contribution in [3.63, 3.8) is 0 Å². The van der Waals surface area contributed by atoms with Crippen LogP contribution < -0.4 is 16.0 Å². The number of carbonyl (C=O) groups excluding carboxylic acids is 2. The van der Waals surface area contributed by atoms with Gasteiger partial charge in [-0.1, -0.05) is 30.3 Å². The van der Waals surface area contributed by atoms with Crippen molar-refractivity contribution in [2.75, 3.05) is 18.4 Å². The number of anilines is 1. The molecule has 2 amide bonds. The third-order valence-electron chi connectivity index (χ3n) is 3.63. The Morgan fingerprint density at radius 2 is 1.76 bits per heavy atom. The molecule has 0 saturated heterocycles. The van der Waals surface area contributed by atoms with Crippen LogP contribution in [-0.4, -0.2) is 24.9 Å². The zero-order chi connectivity index (χ0) is 18.2. The van der Waals surface area contributed by atoms with Crippen molar-refractivity contribution in [3.05, 3.63) is 65.7 Å². The van der Waals surface area contributed by atoms with Crippen LogP contribution in [0.4, 0.5) is 14.5 Å². The summed E-state index contributed by atoms with van der Waals surface area (Å²) in [6.45, 7) is 1.91. The van der Waals surface area contributed by atoms with Crippen LogP contribution in [0.1, 0.15) is 18.5 Å². The predicted octanol–water partition coefficient (Wildman–Crippen LogP) is 1.34. The van der Waals surface area contributed by atoms with Gasteiger partial charge in [0.1, 0.15) is 6.04 Å². The molecule has 0 aliphatic rings. The highest BCUT2D eigenvalue weighted by Gasteiger charge is 2.12. The van der Waals surface area contributed by atoms with Crippen molar-refractivity contribution in [2.24, 2.45) is 0 Å². The van der Waals surface area contributed by atoms with Crippen molar-refractivity contribution in [1.29, 1.82) is 0 Å². The van der Waals surface area contributed by atoms with Gasteiger partial charge in [-0.15, -0.1) is 0 Å². The lowest BCUT2D eigenvalue weighted by Crippen LogP contribution is -2.87. The third kappa shape index (κ3) is 5.96. The first-order chi connectivity index (χ1) is 12.0. The van der Waals surface area contributed by atoms with E-state index >= 15 is 0 Å². The average Bonchev–Trinajstić information content (AvgIpc) is 2.61. The first-order valence-corrected chi connectivity index (χ1v) is 7.85. The zero-order valence-corrected chi connectivity index (χ0v) is 13.8. The van der Waals surface area contributed by atoms with Gasteiger partial charge in [0.2, 0.25) is 5.91 Å². The van der Waals surface area contributed by atoms with Crippen molar-refractivity contribution in [2.45, 2.75) is 13.0 Å². The highest BCUT2D eigenvalue weighted by molar-refractivity contribution is 5.94. The van der Waals surface area contributed by atoms with Gasteiger partial charge in [0.05, 0.1) is 6.54 Å². The van der Waals surface area contributed by atoms with E-state index in [2.05, 4.69) is 10.6 Å². The molecular formula is C18H20F2N3O2+. The van der Waals surface area contributed by atoms with Crippen molar-refractivity contribution >= 4 is 17.5 Å². The molecule has 0 fully saturated rings. The molecule has 4 N–H and O–H groups in total. The molecule has 0 spiro atoms. The topological polar surface area (TPSA) is 74.8 Å². The van der Waals surface area contributed by atoms with Gasteiger partial charge in [0.15, 0.2) is 18.2 Å². The van der Waals surface area contributed by atoms with Crippen molar-refractivity contribution in [1.82, 2.24) is 5.32 Å². The molecule has 0 aromatic heterocycles. The van der Waals surface area contributed by atoms with Gasteiger partial charge in [0, 0.05) is 17.3 Å². The van der Waals surface area contributed by atoms with E-state index in [-0.39, 0.29) is 30.7 Å². The third-order valence-corrected chi connectivity index (χ3v) is 3.63. The lowest BCUT2D eigenvalue weighted by molar-refractivity contribution is -0.682. The molecule has 0 heterocycles. The van der Waals surface area contributed by atoms with Crippen LogP contribution in [0, 0.1) is 11.6 Å². The fraction of sp³-hybridized carbons (Fsp3) is 0.222. The maximum atomic E-state index is 13.1. The second-order valence-electron chi connectivity index (χ2n) is 5.59. The van der Waals surface area contributed by atoms with E-state index in [1.807, 2.05) is 42.6 Å². The van der Waals surface area contributed by atoms with Crippen LogP contribution in [0.25, 0.3) is 0 Å². The Bertz CT molecular complexity index is 738. The molecule has 2 aromatic carbocycles. The Morgan fingerprint density at radius 3 is 2.44 bits per heavy atom. The van der Waals surface area contributed by atoms with Crippen molar-refractivity contribution in [3.8, 4) is 0 Å². The lowest BCUT2D eigenvalue weighted by atomic mass is 10.1. The standard InChI is InChI=1S/C18H19F2N3O2/c1-12(13-5-3-2-4-6-13)21-10-17(24)22-11-18(25)23-14-7-8-15(19)16(20)9-14/h2-9,12,21H,10-11H2,1H3,(H,22,24)(H,23,25)/p+1/t12-/m1/s1. The largest absolute Gasteiger partial charge is 0.342 e. The number of nitrogens with two attached hydrogens (primary N) is 1. The summed E-state index contributed by atoms with van der Waals surface area (Å²) >= 11 is 0. The van der Waals surface area contributed by atoms with Crippen LogP contribution in [0.15, 0.2) is 48.5 Å². The number of benzene rings is 2. The van der Waals surface area contributed by atoms with Gasteiger partial charge < -0.3 is 16.0 Å². The molecule has 132 valence electrons. The van der Waals surface area contributed by atoms with E-state index in [4.69, 9.17) is 0 Å². The Balaban J connectivity index is 1.72. The van der Waals surface area contributed by atoms with Crippen LogP contribution in [-0.2, 0) is 9.59 Å². The van der Waals surface area contributed by atoms with Gasteiger partial charge in [-0.3, -0.25) is 9.59 Å². The summed E-state index contributed by atoms with van der Waals surface area (Å²) in [6.07, 6.45) is 0. The van der Waals surface area contributed by atoms with Gasteiger partial charge in [-0.2, -0.15) is 0 Å². The number of quaternary nitrogens is 1. The van der Waals surface area contributed by atoms with Crippen molar-refractivity contribution < 1.29 is 23.7 Å². The summed E-state index contributed by atoms with van der Waals surface area (Å²) in [4.78, 5) is 23.5. The van der Waals surface area contributed by atoms with E-state index in [9.17, 15) is 18.4 Å². The van der Waals surface area contributed by atoms with E-state index in [1.165, 1.54) is 6.07 Å². The molecule has 25 heavy (non-hydrogen) atoms. The van der Waals surface area contributed by atoms with Crippen LogP contribution in [0.5, 0.6) is 0 Å². The van der Waals surface area contributed by atoms with E-state index < -0.39 is 17.5 Å². The summed E-state index contributed by atoms with van der Waals surface area (Å²) in [5.74, 6) is -2.85. The molecule has 0 radical (unpaired) electrons. The lowest BCUT2D eigenvalue weighted by Gasteiger charge is -2.11.